The molecule has 13 heteroatoms. The van der Waals surface area contributed by atoms with Crippen LogP contribution in [0, 0.1) is 0 Å². The number of carbonyl (C=O) groups is 1. The van der Waals surface area contributed by atoms with Crippen LogP contribution in [0.2, 0.25) is 0 Å². The van der Waals surface area contributed by atoms with E-state index in [1.54, 1.807) is 0 Å². The first-order chi connectivity index (χ1) is 12.4. The molecule has 27 heavy (non-hydrogen) atoms. The highest BCUT2D eigenvalue weighted by Crippen LogP contribution is 2.39. The Bertz CT molecular complexity index is 434. The largest absolute Gasteiger partial charge is 0.394 e. The third-order valence-corrected chi connectivity index (χ3v) is 8.13. The molecule has 0 aromatic carbocycles. The monoisotopic (exact) mass is 509 g/mol. The second kappa shape index (κ2) is 11.4. The van der Waals surface area contributed by atoms with Crippen LogP contribution in [0.15, 0.2) is 0 Å². The van der Waals surface area contributed by atoms with Gasteiger partial charge in [-0.15, -0.1) is 69.6 Å². The van der Waals surface area contributed by atoms with Crippen LogP contribution in [0.4, 0.5) is 0 Å². The van der Waals surface area contributed by atoms with Crippen molar-refractivity contribution in [3.05, 3.63) is 0 Å². The Morgan fingerprint density at radius 2 is 1.22 bits per heavy atom. The maximum absolute atomic E-state index is 10.7. The first-order valence-electron chi connectivity index (χ1n) is 7.86. The van der Waals surface area contributed by atoms with E-state index < -0.39 is 75.4 Å². The second-order valence-corrected chi connectivity index (χ2v) is 9.15. The maximum Gasteiger partial charge on any atom is 0.217 e. The van der Waals surface area contributed by atoms with E-state index in [1.807, 2.05) is 0 Å². The summed E-state index contributed by atoms with van der Waals surface area (Å²) in [6.45, 7) is 0.687. The smallest absolute Gasteiger partial charge is 0.217 e. The van der Waals surface area contributed by atoms with E-state index in [-0.39, 0.29) is 0 Å². The molecule has 1 amide bonds. The highest BCUT2D eigenvalue weighted by Gasteiger charge is 2.47. The van der Waals surface area contributed by atoms with Gasteiger partial charge >= 0.3 is 0 Å². The van der Waals surface area contributed by atoms with E-state index in [2.05, 4.69) is 5.32 Å². The summed E-state index contributed by atoms with van der Waals surface area (Å²) in [5.41, 5.74) is 0. The molecule has 0 spiro atoms. The SMILES string of the molecule is CC(=O)N[C@@H]1[C@@H](O)[C@H](O)[C@@H](CO)O[C@H]1O.ClC1C(Cl)C(Cl)C(Cl)C(Cl)C1Cl. The van der Waals surface area contributed by atoms with Crippen LogP contribution >= 0.6 is 69.6 Å². The maximum atomic E-state index is 10.7. The number of amides is 1. The van der Waals surface area contributed by atoms with Crippen LogP contribution < -0.4 is 5.32 Å². The van der Waals surface area contributed by atoms with Gasteiger partial charge in [-0.1, -0.05) is 0 Å². The van der Waals surface area contributed by atoms with Gasteiger partial charge in [0.15, 0.2) is 6.29 Å². The minimum absolute atomic E-state index is 0.437. The zero-order valence-corrected chi connectivity index (χ0v) is 18.5. The van der Waals surface area contributed by atoms with Crippen molar-refractivity contribution in [3.63, 3.8) is 0 Å². The lowest BCUT2D eigenvalue weighted by atomic mass is 9.97. The number of ether oxygens (including phenoxy) is 1. The summed E-state index contributed by atoms with van der Waals surface area (Å²) in [5, 5.41) is 36.8. The fourth-order valence-corrected chi connectivity index (χ4v) is 4.87. The number of aliphatic hydroxyl groups excluding tert-OH is 4. The fraction of sp³-hybridized carbons (Fsp3) is 0.929. The van der Waals surface area contributed by atoms with Gasteiger partial charge in [0.25, 0.3) is 0 Å². The number of rotatable bonds is 2. The van der Waals surface area contributed by atoms with Crippen molar-refractivity contribution in [2.45, 2.75) is 69.8 Å². The average molecular weight is 512 g/mol. The van der Waals surface area contributed by atoms with Gasteiger partial charge in [0.05, 0.1) is 38.9 Å². The minimum atomic E-state index is -1.45. The van der Waals surface area contributed by atoms with Crippen molar-refractivity contribution in [2.75, 3.05) is 6.61 Å². The number of halogens is 6. The molecule has 0 aromatic heterocycles. The molecule has 1 heterocycles. The Morgan fingerprint density at radius 1 is 0.852 bits per heavy atom. The minimum Gasteiger partial charge on any atom is -0.394 e. The molecule has 2 aliphatic rings. The standard InChI is InChI=1S/C8H15NO6.C6H6Cl6/c1-3(11)9-5-7(13)6(12)4(2-10)15-8(5)14;7-1-2(8)4(10)6(12)5(11)3(1)9/h4-8,10,12-14H,2H2,1H3,(H,9,11);1-6H/t4-,5-,6-,7-,8-;/m1./s1. The van der Waals surface area contributed by atoms with Crippen LogP contribution in [0.1, 0.15) is 6.92 Å². The van der Waals surface area contributed by atoms with Crippen LogP contribution in [0.5, 0.6) is 0 Å². The topological polar surface area (TPSA) is 119 Å². The lowest BCUT2D eigenvalue weighted by molar-refractivity contribution is -0.253. The predicted octanol–water partition coefficient (Wildman–Crippen LogP) is 0.567. The average Bonchev–Trinajstić information content (AvgIpc) is 2.63. The molecule has 2 fully saturated rings. The van der Waals surface area contributed by atoms with E-state index in [0.29, 0.717) is 0 Å². The summed E-state index contributed by atoms with van der Waals surface area (Å²) in [5.74, 6) is -0.462. The van der Waals surface area contributed by atoms with Gasteiger partial charge in [-0.25, -0.2) is 0 Å². The first kappa shape index (κ1) is 26.0. The lowest BCUT2D eigenvalue weighted by Crippen LogP contribution is -2.63. The molecule has 0 radical (unpaired) electrons. The van der Waals surface area contributed by atoms with E-state index in [9.17, 15) is 20.1 Å². The molecule has 5 N–H and O–H groups in total. The highest BCUT2D eigenvalue weighted by atomic mass is 35.5. The molecular formula is C14H21Cl6NO6. The van der Waals surface area contributed by atoms with E-state index >= 15 is 0 Å². The van der Waals surface area contributed by atoms with E-state index in [0.717, 1.165) is 0 Å². The number of alkyl halides is 6. The van der Waals surface area contributed by atoms with Gasteiger partial charge in [0.2, 0.25) is 5.91 Å². The van der Waals surface area contributed by atoms with Crippen molar-refractivity contribution in [1.82, 2.24) is 5.32 Å². The molecule has 1 aliphatic carbocycles. The van der Waals surface area contributed by atoms with Gasteiger partial charge in [0, 0.05) is 6.92 Å². The van der Waals surface area contributed by atoms with Gasteiger partial charge in [-0.05, 0) is 0 Å². The van der Waals surface area contributed by atoms with Crippen molar-refractivity contribution in [3.8, 4) is 0 Å². The lowest BCUT2D eigenvalue weighted by Gasteiger charge is -2.40. The summed E-state index contributed by atoms with van der Waals surface area (Å²) in [4.78, 5) is 10.7. The molecule has 0 bridgehead atoms. The zero-order valence-electron chi connectivity index (χ0n) is 13.9. The zero-order chi connectivity index (χ0) is 21.0. The third kappa shape index (κ3) is 6.49. The first-order valence-corrected chi connectivity index (χ1v) is 10.5. The van der Waals surface area contributed by atoms with E-state index in [4.69, 9.17) is 79.4 Å². The second-order valence-electron chi connectivity index (χ2n) is 6.12. The third-order valence-electron chi connectivity index (χ3n) is 4.10. The van der Waals surface area contributed by atoms with Gasteiger partial charge in [-0.2, -0.15) is 0 Å². The van der Waals surface area contributed by atoms with Crippen LogP contribution in [0.3, 0.4) is 0 Å². The molecule has 5 atom stereocenters. The summed E-state index contributed by atoms with van der Waals surface area (Å²) in [6, 6.07) is -1.10. The Hall–Kier alpha value is 1.01. The van der Waals surface area contributed by atoms with Crippen LogP contribution in [0.25, 0.3) is 0 Å². The summed E-state index contributed by atoms with van der Waals surface area (Å²) in [6.07, 6.45) is -5.24. The quantitative estimate of drug-likeness (QED) is 0.346. The molecule has 160 valence electrons. The summed E-state index contributed by atoms with van der Waals surface area (Å²) >= 11 is 35.3. The Kier molecular flexibility index (Phi) is 11.0. The normalized spacial score (nSPS) is 47.6. The number of aliphatic hydroxyl groups is 4. The molecule has 1 saturated carbocycles. The van der Waals surface area contributed by atoms with Gasteiger partial charge in [-0.3, -0.25) is 4.79 Å². The fourth-order valence-electron chi connectivity index (χ4n) is 2.54. The van der Waals surface area contributed by atoms with Gasteiger partial charge in [0.1, 0.15) is 24.4 Å². The number of nitrogens with one attached hydrogen (secondary N) is 1. The molecule has 0 unspecified atom stereocenters. The van der Waals surface area contributed by atoms with Crippen molar-refractivity contribution >= 4 is 75.5 Å². The summed E-state index contributed by atoms with van der Waals surface area (Å²) in [7, 11) is 0. The Balaban J connectivity index is 0.000000277. The number of hydrogen-bond acceptors (Lipinski definition) is 6. The number of hydrogen-bond donors (Lipinski definition) is 5. The molecular weight excluding hydrogens is 491 g/mol. The Labute approximate surface area is 186 Å². The number of carbonyl (C=O) groups excluding carboxylic acids is 1. The molecule has 1 saturated heterocycles. The van der Waals surface area contributed by atoms with Crippen LogP contribution in [-0.4, -0.2) is 95.8 Å². The predicted molar refractivity (Wildman–Crippen MR) is 105 cm³/mol. The van der Waals surface area contributed by atoms with Crippen molar-refractivity contribution < 1.29 is 30.0 Å². The molecule has 1 aliphatic heterocycles. The van der Waals surface area contributed by atoms with Crippen molar-refractivity contribution in [2.24, 2.45) is 0 Å². The molecule has 0 aromatic rings. The van der Waals surface area contributed by atoms with Crippen molar-refractivity contribution in [1.29, 1.82) is 0 Å². The van der Waals surface area contributed by atoms with E-state index in [1.165, 1.54) is 6.92 Å². The Morgan fingerprint density at radius 3 is 1.52 bits per heavy atom. The molecule has 2 rings (SSSR count). The van der Waals surface area contributed by atoms with Gasteiger partial charge < -0.3 is 30.5 Å². The highest BCUT2D eigenvalue weighted by molar-refractivity contribution is 6.45. The van der Waals surface area contributed by atoms with Crippen LogP contribution in [-0.2, 0) is 9.53 Å². The summed E-state index contributed by atoms with van der Waals surface area (Å²) < 4.78 is 4.81. The molecule has 7 nitrogen and oxygen atoms in total.